The highest BCUT2D eigenvalue weighted by atomic mass is 35.5. The number of carbonyl (C=O) groups excluding carboxylic acids is 1. The number of halogens is 1. The van der Waals surface area contributed by atoms with Crippen LogP contribution in [0.25, 0.3) is 0 Å². The van der Waals surface area contributed by atoms with Crippen LogP contribution in [0.2, 0.25) is 0 Å². The first kappa shape index (κ1) is 17.3. The molecule has 1 atom stereocenters. The summed E-state index contributed by atoms with van der Waals surface area (Å²) in [7, 11) is 0. The molecule has 2 aliphatic rings. The van der Waals surface area contributed by atoms with Gasteiger partial charge in [0.25, 0.3) is 0 Å². The molecule has 1 aromatic carbocycles. The Morgan fingerprint density at radius 1 is 1.27 bits per heavy atom. The third kappa shape index (κ3) is 4.47. The van der Waals surface area contributed by atoms with E-state index in [-0.39, 0.29) is 18.3 Å². The van der Waals surface area contributed by atoms with E-state index in [4.69, 9.17) is 0 Å². The highest BCUT2D eigenvalue weighted by Crippen LogP contribution is 2.25. The molecule has 3 nitrogen and oxygen atoms in total. The van der Waals surface area contributed by atoms with Crippen LogP contribution in [0.4, 0.5) is 5.69 Å². The molecule has 1 aromatic rings. The van der Waals surface area contributed by atoms with Crippen molar-refractivity contribution in [2.24, 2.45) is 5.92 Å². The second-order valence-corrected chi connectivity index (χ2v) is 6.68. The van der Waals surface area contributed by atoms with Crippen LogP contribution in [0, 0.1) is 5.92 Å². The fraction of sp³-hybridized carbons (Fsp3) is 0.611. The monoisotopic (exact) mass is 321 g/mol. The summed E-state index contributed by atoms with van der Waals surface area (Å²) in [5.41, 5.74) is 3.83. The number of fused-ring (bicyclic) bond motifs is 1. The van der Waals surface area contributed by atoms with Crippen LogP contribution in [0.5, 0.6) is 0 Å². The first-order valence-electron chi connectivity index (χ1n) is 8.35. The van der Waals surface area contributed by atoms with E-state index in [0.29, 0.717) is 6.42 Å². The van der Waals surface area contributed by atoms with E-state index < -0.39 is 0 Å². The van der Waals surface area contributed by atoms with E-state index >= 15 is 0 Å². The predicted octanol–water partition coefficient (Wildman–Crippen LogP) is 0.240. The van der Waals surface area contributed by atoms with Crippen molar-refractivity contribution in [1.29, 1.82) is 0 Å². The van der Waals surface area contributed by atoms with Crippen molar-refractivity contribution < 1.29 is 17.2 Å². The number of nitrogens with zero attached hydrogens (tertiary/aromatic N) is 1. The fourth-order valence-electron chi connectivity index (χ4n) is 3.62. The summed E-state index contributed by atoms with van der Waals surface area (Å²) in [5.74, 6) is 0.921. The summed E-state index contributed by atoms with van der Waals surface area (Å²) in [6.07, 6.45) is 6.80. The summed E-state index contributed by atoms with van der Waals surface area (Å²) < 4.78 is 0. The maximum Gasteiger partial charge on any atom is 0.225 e. The molecule has 0 radical (unpaired) electrons. The van der Waals surface area contributed by atoms with Gasteiger partial charge in [0, 0.05) is 25.2 Å². The number of hydrogen-bond donors (Lipinski definition) is 1. The first-order valence-corrected chi connectivity index (χ1v) is 8.35. The van der Waals surface area contributed by atoms with Crippen molar-refractivity contribution in [3.05, 3.63) is 29.3 Å². The van der Waals surface area contributed by atoms with Crippen molar-refractivity contribution in [2.45, 2.75) is 45.4 Å². The zero-order valence-corrected chi connectivity index (χ0v) is 14.2. The maximum absolute atomic E-state index is 12.1. The number of amides is 1. The van der Waals surface area contributed by atoms with E-state index in [1.807, 2.05) is 6.07 Å². The second kappa shape index (κ2) is 7.98. The molecule has 1 fully saturated rings. The van der Waals surface area contributed by atoms with Gasteiger partial charge in [-0.3, -0.25) is 4.79 Å². The molecule has 1 N–H and O–H groups in total. The van der Waals surface area contributed by atoms with E-state index in [9.17, 15) is 4.79 Å². The van der Waals surface area contributed by atoms with Gasteiger partial charge in [0.2, 0.25) is 5.91 Å². The molecule has 1 aliphatic heterocycles. The van der Waals surface area contributed by atoms with Crippen LogP contribution in [0.1, 0.15) is 43.7 Å². The number of anilines is 1. The average Bonchev–Trinajstić information content (AvgIpc) is 2.93. The van der Waals surface area contributed by atoms with E-state index in [1.54, 1.807) is 0 Å². The topological polar surface area (TPSA) is 32.3 Å². The van der Waals surface area contributed by atoms with Crippen LogP contribution in [0.3, 0.4) is 0 Å². The SMILES string of the molecule is CC1CCCN(CCC(=O)Nc2ccc3c(c2)CCC3)C1.[Cl-]. The Morgan fingerprint density at radius 2 is 2.09 bits per heavy atom. The van der Waals surface area contributed by atoms with Crippen LogP contribution >= 0.6 is 0 Å². The molecule has 0 spiro atoms. The molecule has 4 heteroatoms. The van der Waals surface area contributed by atoms with Gasteiger partial charge in [-0.25, -0.2) is 0 Å². The highest BCUT2D eigenvalue weighted by molar-refractivity contribution is 5.91. The zero-order valence-electron chi connectivity index (χ0n) is 13.4. The average molecular weight is 322 g/mol. The highest BCUT2D eigenvalue weighted by Gasteiger charge is 2.17. The minimum atomic E-state index is 0. The third-order valence-corrected chi connectivity index (χ3v) is 4.78. The van der Waals surface area contributed by atoms with Gasteiger partial charge < -0.3 is 22.6 Å². The molecule has 3 rings (SSSR count). The molecule has 0 aromatic heterocycles. The molecular formula is C18H26ClN2O-. The summed E-state index contributed by atoms with van der Waals surface area (Å²) >= 11 is 0. The first-order chi connectivity index (χ1) is 10.2. The molecule has 0 saturated carbocycles. The van der Waals surface area contributed by atoms with Gasteiger partial charge in [-0.05, 0) is 67.8 Å². The lowest BCUT2D eigenvalue weighted by atomic mass is 10.0. The fourth-order valence-corrected chi connectivity index (χ4v) is 3.62. The molecule has 1 heterocycles. The molecule has 1 amide bonds. The van der Waals surface area contributed by atoms with Gasteiger partial charge in [-0.1, -0.05) is 13.0 Å². The molecular weight excluding hydrogens is 296 g/mol. The van der Waals surface area contributed by atoms with E-state index in [0.717, 1.165) is 37.7 Å². The lowest BCUT2D eigenvalue weighted by molar-refractivity contribution is -0.116. The Kier molecular flexibility index (Phi) is 6.27. The lowest BCUT2D eigenvalue weighted by Crippen LogP contribution is -3.00. The summed E-state index contributed by atoms with van der Waals surface area (Å²) in [4.78, 5) is 14.5. The van der Waals surface area contributed by atoms with Crippen LogP contribution < -0.4 is 17.7 Å². The Hall–Kier alpha value is -1.06. The minimum Gasteiger partial charge on any atom is -1.00 e. The second-order valence-electron chi connectivity index (χ2n) is 6.68. The van der Waals surface area contributed by atoms with Crippen molar-refractivity contribution in [3.8, 4) is 0 Å². The number of benzene rings is 1. The summed E-state index contributed by atoms with van der Waals surface area (Å²) in [6, 6.07) is 6.37. The predicted molar refractivity (Wildman–Crippen MR) is 86.6 cm³/mol. The van der Waals surface area contributed by atoms with Crippen molar-refractivity contribution in [2.75, 3.05) is 25.0 Å². The van der Waals surface area contributed by atoms with Gasteiger partial charge in [0.15, 0.2) is 0 Å². The smallest absolute Gasteiger partial charge is 0.225 e. The van der Waals surface area contributed by atoms with Gasteiger partial charge in [0.05, 0.1) is 0 Å². The molecule has 1 unspecified atom stereocenters. The van der Waals surface area contributed by atoms with E-state index in [1.165, 1.54) is 36.8 Å². The summed E-state index contributed by atoms with van der Waals surface area (Å²) in [6.45, 7) is 5.49. The number of hydrogen-bond acceptors (Lipinski definition) is 2. The van der Waals surface area contributed by atoms with Gasteiger partial charge >= 0.3 is 0 Å². The maximum atomic E-state index is 12.1. The molecule has 122 valence electrons. The van der Waals surface area contributed by atoms with Crippen molar-refractivity contribution in [1.82, 2.24) is 4.90 Å². The molecule has 1 saturated heterocycles. The normalized spacial score (nSPS) is 21.0. The quantitative estimate of drug-likeness (QED) is 0.861. The number of nitrogens with one attached hydrogen (secondary N) is 1. The van der Waals surface area contributed by atoms with Crippen molar-refractivity contribution in [3.63, 3.8) is 0 Å². The Bertz CT molecular complexity index is 518. The van der Waals surface area contributed by atoms with Crippen LogP contribution in [-0.2, 0) is 17.6 Å². The standard InChI is InChI=1S/C18H26N2O.ClH/c1-14-4-3-10-20(13-14)11-9-18(21)19-17-8-7-15-5-2-6-16(15)12-17;/h7-8,12,14H,2-6,9-11,13H2,1H3,(H,19,21);1H/p-1. The zero-order chi connectivity index (χ0) is 14.7. The Labute approximate surface area is 139 Å². The van der Waals surface area contributed by atoms with Crippen LogP contribution in [-0.4, -0.2) is 30.4 Å². The Morgan fingerprint density at radius 3 is 2.91 bits per heavy atom. The van der Waals surface area contributed by atoms with Gasteiger partial charge in [-0.15, -0.1) is 0 Å². The number of carbonyl (C=O) groups is 1. The van der Waals surface area contributed by atoms with Gasteiger partial charge in [-0.2, -0.15) is 0 Å². The number of piperidine rings is 1. The largest absolute Gasteiger partial charge is 1.00 e. The minimum absolute atomic E-state index is 0. The van der Waals surface area contributed by atoms with Crippen LogP contribution in [0.15, 0.2) is 18.2 Å². The molecule has 1 aliphatic carbocycles. The van der Waals surface area contributed by atoms with Gasteiger partial charge in [0.1, 0.15) is 0 Å². The number of rotatable bonds is 4. The number of aryl methyl sites for hydroxylation is 2. The molecule has 22 heavy (non-hydrogen) atoms. The summed E-state index contributed by atoms with van der Waals surface area (Å²) in [5, 5.41) is 3.06. The van der Waals surface area contributed by atoms with Crippen molar-refractivity contribution >= 4 is 11.6 Å². The molecule has 0 bridgehead atoms. The third-order valence-electron chi connectivity index (χ3n) is 4.78. The lowest BCUT2D eigenvalue weighted by Gasteiger charge is -2.30. The number of likely N-dealkylation sites (tertiary alicyclic amines) is 1. The van der Waals surface area contributed by atoms with E-state index in [2.05, 4.69) is 29.3 Å². The Balaban J connectivity index is 0.00000176.